The Kier molecular flexibility index (Phi) is 17.3. The van der Waals surface area contributed by atoms with Crippen molar-refractivity contribution in [3.8, 4) is 56.5 Å². The molecule has 22 heteroatoms. The number of aliphatic carboxylic acids is 1. The number of halogens is 10. The van der Waals surface area contributed by atoms with E-state index in [1.807, 2.05) is 12.1 Å². The van der Waals surface area contributed by atoms with E-state index in [9.17, 15) is 40.7 Å². The summed E-state index contributed by atoms with van der Waals surface area (Å²) in [5.74, 6) is -2.28. The number of amides is 2. The molecule has 0 saturated heterocycles. The van der Waals surface area contributed by atoms with E-state index in [0.29, 0.717) is 82.8 Å². The summed E-state index contributed by atoms with van der Waals surface area (Å²) in [5, 5.41) is 24.9. The van der Waals surface area contributed by atoms with E-state index >= 15 is 0 Å². The van der Waals surface area contributed by atoms with E-state index in [1.54, 1.807) is 101 Å². The summed E-state index contributed by atoms with van der Waals surface area (Å²) in [4.78, 5) is 34.7. The maximum absolute atomic E-state index is 12.6. The third kappa shape index (κ3) is 15.3. The molecule has 3 N–H and O–H groups in total. The number of carboxylic acids is 1. The first-order valence-corrected chi connectivity index (χ1v) is 23.3. The van der Waals surface area contributed by atoms with Gasteiger partial charge < -0.3 is 25.2 Å². The van der Waals surface area contributed by atoms with Crippen molar-refractivity contribution in [1.29, 1.82) is 0 Å². The van der Waals surface area contributed by atoms with Crippen LogP contribution in [0.25, 0.3) is 45.0 Å². The molecule has 0 aliphatic rings. The lowest BCUT2D eigenvalue weighted by atomic mass is 10.1. The van der Waals surface area contributed by atoms with Gasteiger partial charge in [0.2, 0.25) is 0 Å². The van der Waals surface area contributed by atoms with Gasteiger partial charge in [-0.1, -0.05) is 70.7 Å². The molecule has 8 rings (SSSR count). The molecule has 0 atom stereocenters. The van der Waals surface area contributed by atoms with Crippen molar-refractivity contribution in [2.45, 2.75) is 32.2 Å². The standard InChI is InChI=1S/C27H20Cl2F3N3O4.C25H18Cl2F3N3O2/c28-20-11-19(12-21(29)13-20)23-14-24(17-5-7-22(8-6-17)39-27(30,31)32)35(34-23)15-16-1-3-18(4-2-16)26(38)33-10-9-25(36)37;1-31-24(34)17-4-2-15(3-5-17)14-33-23(16-6-8-21(9-7-16)35-25(28,29)30)13-22(32-33)18-10-19(26)12-20(27)11-18/h1-8,11-14H,9-10,15H2,(H,33,38)(H,36,37);2-13H,14H2,1H3,(H,31,34). The quantitative estimate of drug-likeness (QED) is 0.0859. The van der Waals surface area contributed by atoms with Crippen molar-refractivity contribution in [3.63, 3.8) is 0 Å². The highest BCUT2D eigenvalue weighted by atomic mass is 35.5. The number of ether oxygens (including phenoxy) is 2. The first-order valence-electron chi connectivity index (χ1n) is 21.8. The second-order valence-corrected chi connectivity index (χ2v) is 17.7. The average Bonchev–Trinajstić information content (AvgIpc) is 3.95. The zero-order valence-corrected chi connectivity index (χ0v) is 41.3. The third-order valence-electron chi connectivity index (χ3n) is 10.6. The molecule has 0 fully saturated rings. The molecular weight excluding hydrogens is 1060 g/mol. The Labute approximate surface area is 438 Å². The Bertz CT molecular complexity index is 3240. The third-order valence-corrected chi connectivity index (χ3v) is 11.5. The molecule has 12 nitrogen and oxygen atoms in total. The number of rotatable bonds is 15. The summed E-state index contributed by atoms with van der Waals surface area (Å²) in [7, 11) is 1.56. The molecule has 2 aromatic heterocycles. The molecule has 382 valence electrons. The van der Waals surface area contributed by atoms with E-state index < -0.39 is 24.6 Å². The van der Waals surface area contributed by atoms with Crippen LogP contribution in [0.1, 0.15) is 38.3 Å². The minimum Gasteiger partial charge on any atom is -0.481 e. The SMILES string of the molecule is CNC(=O)c1ccc(Cn2nc(-c3cc(Cl)cc(Cl)c3)cc2-c2ccc(OC(F)(F)F)cc2)cc1.O=C(O)CCNC(=O)c1ccc(Cn2nc(-c3cc(Cl)cc(Cl)c3)cc2-c2ccc(OC(F)(F)F)cc2)cc1. The topological polar surface area (TPSA) is 150 Å². The predicted molar refractivity (Wildman–Crippen MR) is 269 cm³/mol. The van der Waals surface area contributed by atoms with Gasteiger partial charge in [-0.15, -0.1) is 26.3 Å². The molecule has 74 heavy (non-hydrogen) atoms. The van der Waals surface area contributed by atoms with Crippen molar-refractivity contribution >= 4 is 64.2 Å². The number of alkyl halides is 6. The predicted octanol–water partition coefficient (Wildman–Crippen LogP) is 13.5. The molecule has 0 unspecified atom stereocenters. The number of carbonyl (C=O) groups excluding carboxylic acids is 2. The highest BCUT2D eigenvalue weighted by Crippen LogP contribution is 2.35. The van der Waals surface area contributed by atoms with Crippen molar-refractivity contribution in [2.24, 2.45) is 0 Å². The minimum atomic E-state index is -4.80. The molecule has 8 aromatic rings. The van der Waals surface area contributed by atoms with Crippen molar-refractivity contribution in [3.05, 3.63) is 188 Å². The van der Waals surface area contributed by atoms with Gasteiger partial charge in [0.1, 0.15) is 11.5 Å². The Morgan fingerprint density at radius 1 is 0.527 bits per heavy atom. The van der Waals surface area contributed by atoms with Crippen LogP contribution in [-0.4, -0.2) is 68.8 Å². The maximum Gasteiger partial charge on any atom is 0.573 e. The summed E-state index contributed by atoms with van der Waals surface area (Å²) in [6.07, 6.45) is -9.76. The fraction of sp³-hybridized carbons (Fsp3) is 0.135. The van der Waals surface area contributed by atoms with E-state index in [2.05, 4.69) is 25.2 Å². The van der Waals surface area contributed by atoms with Gasteiger partial charge in [0, 0.05) is 67.1 Å². The summed E-state index contributed by atoms with van der Waals surface area (Å²) >= 11 is 24.6. The minimum absolute atomic E-state index is 0.00958. The number of benzene rings is 6. The van der Waals surface area contributed by atoms with Crippen LogP contribution >= 0.6 is 46.4 Å². The van der Waals surface area contributed by atoms with Crippen molar-refractivity contribution in [1.82, 2.24) is 30.2 Å². The van der Waals surface area contributed by atoms with Crippen LogP contribution in [-0.2, 0) is 17.9 Å². The molecule has 2 amide bonds. The normalized spacial score (nSPS) is 11.3. The van der Waals surface area contributed by atoms with E-state index in [-0.39, 0.29) is 36.9 Å². The fourth-order valence-electron chi connectivity index (χ4n) is 7.28. The zero-order chi connectivity index (χ0) is 53.3. The van der Waals surface area contributed by atoms with Crippen LogP contribution in [0.3, 0.4) is 0 Å². The second-order valence-electron chi connectivity index (χ2n) is 16.0. The molecule has 0 radical (unpaired) electrons. The Hall–Kier alpha value is -7.51. The van der Waals surface area contributed by atoms with E-state index in [0.717, 1.165) is 11.1 Å². The summed E-state index contributed by atoms with van der Waals surface area (Å²) in [6, 6.07) is 38.3. The molecule has 0 spiro atoms. The Morgan fingerprint density at radius 3 is 1.23 bits per heavy atom. The molecule has 0 saturated carbocycles. The number of nitrogens with one attached hydrogen (secondary N) is 2. The number of carboxylic acid groups (broad SMARTS) is 1. The second kappa shape index (κ2) is 23.6. The van der Waals surface area contributed by atoms with Gasteiger partial charge in [0.25, 0.3) is 11.8 Å². The lowest BCUT2D eigenvalue weighted by Gasteiger charge is -2.11. The summed E-state index contributed by atoms with van der Waals surface area (Å²) < 4.78 is 86.8. The summed E-state index contributed by atoms with van der Waals surface area (Å²) in [6.45, 7) is 0.624. The van der Waals surface area contributed by atoms with Crippen LogP contribution in [0.4, 0.5) is 26.3 Å². The van der Waals surface area contributed by atoms with Gasteiger partial charge in [-0.05, 0) is 132 Å². The van der Waals surface area contributed by atoms with E-state index in [1.165, 1.54) is 48.5 Å². The summed E-state index contributed by atoms with van der Waals surface area (Å²) in [5.41, 5.74) is 7.49. The highest BCUT2D eigenvalue weighted by Gasteiger charge is 2.32. The van der Waals surface area contributed by atoms with Gasteiger partial charge in [0.15, 0.2) is 0 Å². The van der Waals surface area contributed by atoms with E-state index in [4.69, 9.17) is 56.6 Å². The molecule has 0 aliphatic heterocycles. The molecule has 0 aliphatic carbocycles. The van der Waals surface area contributed by atoms with Gasteiger partial charge in [-0.3, -0.25) is 23.7 Å². The van der Waals surface area contributed by atoms with Gasteiger partial charge >= 0.3 is 18.7 Å². The lowest BCUT2D eigenvalue weighted by Crippen LogP contribution is -2.25. The van der Waals surface area contributed by atoms with Crippen LogP contribution in [0.2, 0.25) is 20.1 Å². The number of hydrogen-bond acceptors (Lipinski definition) is 7. The van der Waals surface area contributed by atoms with Gasteiger partial charge in [-0.25, -0.2) is 0 Å². The highest BCUT2D eigenvalue weighted by molar-refractivity contribution is 6.35. The largest absolute Gasteiger partial charge is 0.573 e. The molecule has 2 heterocycles. The van der Waals surface area contributed by atoms with Crippen LogP contribution in [0, 0.1) is 0 Å². The van der Waals surface area contributed by atoms with Crippen LogP contribution < -0.4 is 20.1 Å². The molecule has 6 aromatic carbocycles. The first kappa shape index (κ1) is 54.3. The van der Waals surface area contributed by atoms with Crippen molar-refractivity contribution < 1.29 is 55.3 Å². The number of aromatic nitrogens is 4. The monoisotopic (exact) mass is 1100 g/mol. The van der Waals surface area contributed by atoms with Crippen LogP contribution in [0.5, 0.6) is 11.5 Å². The van der Waals surface area contributed by atoms with Crippen LogP contribution in [0.15, 0.2) is 146 Å². The lowest BCUT2D eigenvalue weighted by molar-refractivity contribution is -0.275. The Balaban J connectivity index is 0.000000217. The Morgan fingerprint density at radius 2 is 0.892 bits per heavy atom. The smallest absolute Gasteiger partial charge is 0.481 e. The fourth-order valence-corrected chi connectivity index (χ4v) is 8.33. The average molecular weight is 1100 g/mol. The first-order chi connectivity index (χ1) is 35.1. The zero-order valence-electron chi connectivity index (χ0n) is 38.2. The van der Waals surface area contributed by atoms with Crippen molar-refractivity contribution in [2.75, 3.05) is 13.6 Å². The molecular formula is C52H38Cl4F6N6O6. The molecule has 0 bridgehead atoms. The number of hydrogen-bond donors (Lipinski definition) is 3. The van der Waals surface area contributed by atoms with Gasteiger partial charge in [-0.2, -0.15) is 10.2 Å². The van der Waals surface area contributed by atoms with Gasteiger partial charge in [0.05, 0.1) is 42.3 Å². The number of carbonyl (C=O) groups is 3. The maximum atomic E-state index is 12.6. The number of nitrogens with zero attached hydrogens (tertiary/aromatic N) is 4.